The number of hydrogen-bond donors (Lipinski definition) is 0. The van der Waals surface area contributed by atoms with Crippen molar-refractivity contribution in [3.63, 3.8) is 0 Å². The van der Waals surface area contributed by atoms with Gasteiger partial charge in [-0.15, -0.1) is 0 Å². The topological polar surface area (TPSA) is 9.23 Å². The number of rotatable bonds is 3. The Morgan fingerprint density at radius 1 is 0.690 bits per heavy atom. The molecule has 1 rings (SSSR count). The highest BCUT2D eigenvalue weighted by Crippen LogP contribution is 2.15. The zero-order valence-electron chi connectivity index (χ0n) is 15.1. The molecule has 0 radical (unpaired) electrons. The van der Waals surface area contributed by atoms with Crippen LogP contribution >= 0.6 is 0 Å². The number of methoxy groups -OCH3 is 1. The first kappa shape index (κ1) is 35.5. The van der Waals surface area contributed by atoms with Crippen molar-refractivity contribution in [1.82, 2.24) is 0 Å². The van der Waals surface area contributed by atoms with E-state index < -0.39 is 28.4 Å². The minimum absolute atomic E-state index is 0.913. The minimum Gasteiger partial charge on any atom is -0.418 e. The summed E-state index contributed by atoms with van der Waals surface area (Å²) in [5.41, 5.74) is 0. The van der Waals surface area contributed by atoms with Gasteiger partial charge in [0, 0.05) is 20.0 Å². The van der Waals surface area contributed by atoms with Gasteiger partial charge < -0.3 is 61.0 Å². The Hall–Kier alpha value is -0.935. The Bertz CT molecular complexity index is 307. The molecule has 29 heavy (non-hydrogen) atoms. The largest absolute Gasteiger partial charge is 0.673 e. The maximum absolute atomic E-state index is 9.75. The van der Waals surface area contributed by atoms with Crippen molar-refractivity contribution in [3.8, 4) is 0 Å². The quantitative estimate of drug-likeness (QED) is 0.279. The normalized spacial score (nSPS) is 15.5. The van der Waals surface area contributed by atoms with E-state index in [1.165, 1.54) is 37.0 Å². The van der Waals surface area contributed by atoms with Gasteiger partial charge in [0.15, 0.2) is 0 Å². The van der Waals surface area contributed by atoms with Gasteiger partial charge in [0.25, 0.3) is 0 Å². The van der Waals surface area contributed by atoms with Gasteiger partial charge in [-0.2, -0.15) is 13.2 Å². The highest BCUT2D eigenvalue weighted by Gasteiger charge is 2.25. The van der Waals surface area contributed by atoms with E-state index in [1.54, 1.807) is 7.11 Å². The second-order valence-corrected chi connectivity index (χ2v) is 5.22. The van der Waals surface area contributed by atoms with Crippen LogP contribution in [0.5, 0.6) is 0 Å². The van der Waals surface area contributed by atoms with Crippen molar-refractivity contribution >= 4 is 21.8 Å². The summed E-state index contributed by atoms with van der Waals surface area (Å²) < 4.78 is 152. The highest BCUT2D eigenvalue weighted by molar-refractivity contribution is 6.50. The number of ether oxygens (including phenoxy) is 1. The third-order valence-corrected chi connectivity index (χ3v) is 2.48. The summed E-state index contributed by atoms with van der Waals surface area (Å²) in [4.78, 5) is 0. The monoisotopic (exact) mass is 475 g/mol. The fourth-order valence-corrected chi connectivity index (χ4v) is 1.63. The van der Waals surface area contributed by atoms with Crippen LogP contribution in [0, 0.1) is 0 Å². The molecule has 0 spiro atoms. The van der Waals surface area contributed by atoms with Gasteiger partial charge in [-0.1, -0.05) is 0 Å². The van der Waals surface area contributed by atoms with Crippen LogP contribution in [0.15, 0.2) is 0 Å². The smallest absolute Gasteiger partial charge is 0.418 e. The zero-order valence-corrected chi connectivity index (χ0v) is 15.1. The van der Waals surface area contributed by atoms with E-state index in [2.05, 4.69) is 7.05 Å². The number of halogens is 15. The Morgan fingerprint density at radius 2 is 0.897 bits per heavy atom. The summed E-state index contributed by atoms with van der Waals surface area (Å²) >= 11 is 0. The van der Waals surface area contributed by atoms with Crippen molar-refractivity contribution in [2.45, 2.75) is 19.5 Å². The van der Waals surface area contributed by atoms with Crippen LogP contribution in [0.2, 0.25) is 0 Å². The van der Waals surface area contributed by atoms with Crippen molar-refractivity contribution < 1.29 is 74.2 Å². The van der Waals surface area contributed by atoms with Crippen molar-refractivity contribution in [1.29, 1.82) is 0 Å². The molecule has 0 atom stereocenters. The van der Waals surface area contributed by atoms with Crippen LogP contribution in [-0.2, 0) is 4.74 Å². The number of likely N-dealkylation sites (tertiary alicyclic amines) is 1. The van der Waals surface area contributed by atoms with Gasteiger partial charge >= 0.3 is 28.4 Å². The highest BCUT2D eigenvalue weighted by atomic mass is 19.5. The lowest BCUT2D eigenvalue weighted by atomic mass is 10.3. The molecule has 1 saturated heterocycles. The van der Waals surface area contributed by atoms with Crippen LogP contribution in [0.3, 0.4) is 0 Å². The lowest BCUT2D eigenvalue weighted by molar-refractivity contribution is -0.897. The maximum atomic E-state index is 9.75. The molecule has 0 N–H and O–H groups in total. The molecule has 0 bridgehead atoms. The molecule has 182 valence electrons. The van der Waals surface area contributed by atoms with Gasteiger partial charge in [0.2, 0.25) is 0 Å². The van der Waals surface area contributed by atoms with Gasteiger partial charge in [-0.3, -0.25) is 0 Å². The van der Waals surface area contributed by atoms with E-state index >= 15 is 0 Å². The van der Waals surface area contributed by atoms with Crippen LogP contribution in [-0.4, -0.2) is 73.3 Å². The van der Waals surface area contributed by atoms with Crippen LogP contribution in [0.4, 0.5) is 65.0 Å². The average molecular weight is 475 g/mol. The molecule has 1 aliphatic rings. The Morgan fingerprint density at radius 3 is 1.07 bits per heavy atom. The number of hydrogen-bond acceptors (Lipinski definition) is 1. The van der Waals surface area contributed by atoms with Crippen LogP contribution in [0.25, 0.3) is 0 Å². The van der Waals surface area contributed by atoms with E-state index in [-0.39, 0.29) is 0 Å². The van der Waals surface area contributed by atoms with E-state index in [1.807, 2.05) is 0 Å². The van der Waals surface area contributed by atoms with Gasteiger partial charge in [-0.25, -0.2) is 0 Å². The predicted octanol–water partition coefficient (Wildman–Crippen LogP) is 5.95. The summed E-state index contributed by atoms with van der Waals surface area (Å²) in [5, 5.41) is 0. The summed E-state index contributed by atoms with van der Waals surface area (Å²) in [7, 11) is -13.9. The van der Waals surface area contributed by atoms with E-state index in [9.17, 15) is 65.0 Å². The molecule has 0 unspecified atom stereocenters. The SMILES string of the molecule is COCC[N+]1(C)CCCC1.FC(F)F.F[B-](F)(F)F.F[B-](F)(F)F.F[B-](F)(F)F. The van der Waals surface area contributed by atoms with E-state index in [0.29, 0.717) is 0 Å². The van der Waals surface area contributed by atoms with E-state index in [4.69, 9.17) is 4.74 Å². The molecule has 0 aliphatic carbocycles. The molecule has 2 nitrogen and oxygen atoms in total. The predicted molar refractivity (Wildman–Crippen MR) is 79.6 cm³/mol. The van der Waals surface area contributed by atoms with Crippen LogP contribution in [0.1, 0.15) is 12.8 Å². The first-order valence-corrected chi connectivity index (χ1v) is 7.37. The summed E-state index contributed by atoms with van der Waals surface area (Å²) in [6.45, 7) is 1.14. The Balaban J connectivity index is -0.000000143. The standard InChI is InChI=1S/C8H18NO.CHF3.3BF4/c1-9(7-8-10-2)5-3-4-6-9;2-1(3)4;3*2-1(3,4)5/h3-8H2,1-2H3;1H;;;/q+1;;3*-1. The molecule has 0 aromatic carbocycles. The van der Waals surface area contributed by atoms with Gasteiger partial charge in [0.1, 0.15) is 6.54 Å². The fraction of sp³-hybridized carbons (Fsp3) is 1.00. The lowest BCUT2D eigenvalue weighted by Crippen LogP contribution is -2.43. The first-order chi connectivity index (χ1) is 12.5. The number of nitrogens with zero attached hydrogens (tertiary/aromatic N) is 1. The summed E-state index contributed by atoms with van der Waals surface area (Å²) in [6.07, 6.45) is 2.81. The molecule has 0 amide bonds. The number of likely N-dealkylation sites (N-methyl/N-ethyl adjacent to an activating group) is 1. The lowest BCUT2D eigenvalue weighted by Gasteiger charge is -2.28. The van der Waals surface area contributed by atoms with Crippen LogP contribution < -0.4 is 0 Å². The third-order valence-electron chi connectivity index (χ3n) is 2.48. The summed E-state index contributed by atoms with van der Waals surface area (Å²) in [5.74, 6) is 0. The average Bonchev–Trinajstić information content (AvgIpc) is 2.77. The molecule has 20 heteroatoms. The molecule has 1 heterocycles. The summed E-state index contributed by atoms with van der Waals surface area (Å²) in [6, 6.07) is 0. The number of quaternary nitrogens is 1. The van der Waals surface area contributed by atoms with Gasteiger partial charge in [-0.05, 0) is 0 Å². The zero-order chi connectivity index (χ0) is 24.5. The molecule has 1 fully saturated rings. The molecule has 0 aromatic rings. The second-order valence-electron chi connectivity index (χ2n) is 5.22. The second kappa shape index (κ2) is 16.8. The minimum atomic E-state index is -6.00. The molecular weight excluding hydrogens is 456 g/mol. The third kappa shape index (κ3) is 99.6. The molecule has 1 aliphatic heterocycles. The Kier molecular flexibility index (Phi) is 20.6. The Labute approximate surface area is 157 Å². The molecular formula is C9H19B3F15NO-2. The molecule has 0 aromatic heterocycles. The maximum Gasteiger partial charge on any atom is 0.673 e. The van der Waals surface area contributed by atoms with Crippen molar-refractivity contribution in [2.75, 3.05) is 40.4 Å². The number of alkyl halides is 3. The van der Waals surface area contributed by atoms with Gasteiger partial charge in [0.05, 0.1) is 26.7 Å². The fourth-order valence-electron chi connectivity index (χ4n) is 1.63. The first-order valence-electron chi connectivity index (χ1n) is 7.37. The van der Waals surface area contributed by atoms with Crippen molar-refractivity contribution in [3.05, 3.63) is 0 Å². The van der Waals surface area contributed by atoms with Crippen molar-refractivity contribution in [2.24, 2.45) is 0 Å². The van der Waals surface area contributed by atoms with E-state index in [0.717, 1.165) is 6.61 Å². The molecule has 0 saturated carbocycles.